The summed E-state index contributed by atoms with van der Waals surface area (Å²) in [7, 11) is 0. The van der Waals surface area contributed by atoms with Gasteiger partial charge in [-0.15, -0.1) is 0 Å². The van der Waals surface area contributed by atoms with E-state index in [0.29, 0.717) is 11.6 Å². The molecule has 0 unspecified atom stereocenters. The summed E-state index contributed by atoms with van der Waals surface area (Å²) < 4.78 is 12.5. The standard InChI is InChI=1S/C10H10FNO/c11-8-3-1-7(2-4-8)10(13)12-9-5-6-9/h1-4,9H,5-6H2,(H,12,13). The molecular weight excluding hydrogens is 169 g/mol. The molecule has 1 amide bonds. The first-order valence-electron chi connectivity index (χ1n) is 4.32. The lowest BCUT2D eigenvalue weighted by Gasteiger charge is -2.01. The van der Waals surface area contributed by atoms with E-state index in [1.54, 1.807) is 0 Å². The van der Waals surface area contributed by atoms with E-state index in [0.717, 1.165) is 12.8 Å². The third-order valence-corrected chi connectivity index (χ3v) is 2.02. The first-order valence-corrected chi connectivity index (χ1v) is 4.32. The van der Waals surface area contributed by atoms with Crippen LogP contribution in [0.3, 0.4) is 0 Å². The van der Waals surface area contributed by atoms with Gasteiger partial charge in [0.1, 0.15) is 5.82 Å². The maximum atomic E-state index is 12.5. The molecule has 1 saturated carbocycles. The van der Waals surface area contributed by atoms with Crippen LogP contribution in [0.25, 0.3) is 0 Å². The molecule has 0 aromatic heterocycles. The molecule has 1 fully saturated rings. The van der Waals surface area contributed by atoms with Crippen LogP contribution in [0.5, 0.6) is 0 Å². The van der Waals surface area contributed by atoms with Crippen LogP contribution < -0.4 is 5.32 Å². The van der Waals surface area contributed by atoms with Crippen LogP contribution in [0.1, 0.15) is 23.2 Å². The van der Waals surface area contributed by atoms with Crippen molar-refractivity contribution in [2.24, 2.45) is 0 Å². The van der Waals surface area contributed by atoms with Gasteiger partial charge in [-0.3, -0.25) is 4.79 Å². The predicted molar refractivity (Wildman–Crippen MR) is 46.9 cm³/mol. The van der Waals surface area contributed by atoms with Gasteiger partial charge in [0.2, 0.25) is 0 Å². The summed E-state index contributed by atoms with van der Waals surface area (Å²) in [5.41, 5.74) is 0.522. The molecule has 2 rings (SSSR count). The zero-order valence-corrected chi connectivity index (χ0v) is 7.09. The van der Waals surface area contributed by atoms with E-state index in [-0.39, 0.29) is 11.7 Å². The van der Waals surface area contributed by atoms with Crippen LogP contribution >= 0.6 is 0 Å². The lowest BCUT2D eigenvalue weighted by molar-refractivity contribution is 0.0951. The average Bonchev–Trinajstić information content (AvgIpc) is 2.89. The number of hydrogen-bond acceptors (Lipinski definition) is 1. The highest BCUT2D eigenvalue weighted by Crippen LogP contribution is 2.19. The number of carbonyl (C=O) groups excluding carboxylic acids is 1. The van der Waals surface area contributed by atoms with Crippen molar-refractivity contribution in [3.8, 4) is 0 Å². The smallest absolute Gasteiger partial charge is 0.251 e. The van der Waals surface area contributed by atoms with Crippen LogP contribution in [0.2, 0.25) is 0 Å². The lowest BCUT2D eigenvalue weighted by Crippen LogP contribution is -2.25. The highest BCUT2D eigenvalue weighted by Gasteiger charge is 2.23. The molecule has 2 nitrogen and oxygen atoms in total. The molecular formula is C10H10FNO. The maximum Gasteiger partial charge on any atom is 0.251 e. The Morgan fingerprint density at radius 3 is 2.46 bits per heavy atom. The van der Waals surface area contributed by atoms with Crippen molar-refractivity contribution in [3.63, 3.8) is 0 Å². The number of rotatable bonds is 2. The Hall–Kier alpha value is -1.38. The van der Waals surface area contributed by atoms with Crippen molar-refractivity contribution in [3.05, 3.63) is 35.6 Å². The van der Waals surface area contributed by atoms with Crippen molar-refractivity contribution in [2.45, 2.75) is 18.9 Å². The summed E-state index contributed by atoms with van der Waals surface area (Å²) in [4.78, 5) is 11.4. The topological polar surface area (TPSA) is 29.1 Å². The fourth-order valence-corrected chi connectivity index (χ4v) is 1.10. The fourth-order valence-electron chi connectivity index (χ4n) is 1.10. The first-order chi connectivity index (χ1) is 6.25. The molecule has 3 heteroatoms. The van der Waals surface area contributed by atoms with Gasteiger partial charge in [-0.05, 0) is 37.1 Å². The number of amides is 1. The van der Waals surface area contributed by atoms with E-state index in [9.17, 15) is 9.18 Å². The molecule has 1 aromatic carbocycles. The highest BCUT2D eigenvalue weighted by atomic mass is 19.1. The van der Waals surface area contributed by atoms with Gasteiger partial charge in [-0.25, -0.2) is 4.39 Å². The number of benzene rings is 1. The normalized spacial score (nSPS) is 15.5. The number of halogens is 1. The van der Waals surface area contributed by atoms with Gasteiger partial charge in [0.15, 0.2) is 0 Å². The number of nitrogens with one attached hydrogen (secondary N) is 1. The van der Waals surface area contributed by atoms with Gasteiger partial charge < -0.3 is 5.32 Å². The third-order valence-electron chi connectivity index (χ3n) is 2.02. The molecule has 1 aromatic rings. The quantitative estimate of drug-likeness (QED) is 0.735. The Morgan fingerprint density at radius 1 is 1.31 bits per heavy atom. The van der Waals surface area contributed by atoms with Crippen LogP contribution in [0, 0.1) is 5.82 Å². The second kappa shape index (κ2) is 3.17. The van der Waals surface area contributed by atoms with Gasteiger partial charge in [-0.1, -0.05) is 0 Å². The average molecular weight is 179 g/mol. The Kier molecular flexibility index (Phi) is 2.00. The summed E-state index contributed by atoms with van der Waals surface area (Å²) in [5.74, 6) is -0.425. The fraction of sp³-hybridized carbons (Fsp3) is 0.300. The summed E-state index contributed by atoms with van der Waals surface area (Å²) in [5, 5.41) is 2.83. The number of hydrogen-bond donors (Lipinski definition) is 1. The molecule has 68 valence electrons. The molecule has 1 N–H and O–H groups in total. The third kappa shape index (κ3) is 2.05. The molecule has 1 aliphatic carbocycles. The summed E-state index contributed by atoms with van der Waals surface area (Å²) in [6.07, 6.45) is 2.12. The zero-order chi connectivity index (χ0) is 9.26. The van der Waals surface area contributed by atoms with Crippen LogP contribution in [0.15, 0.2) is 24.3 Å². The highest BCUT2D eigenvalue weighted by molar-refractivity contribution is 5.94. The molecule has 0 atom stereocenters. The molecule has 0 heterocycles. The molecule has 0 radical (unpaired) electrons. The first kappa shape index (κ1) is 8.23. The van der Waals surface area contributed by atoms with Crippen molar-refractivity contribution < 1.29 is 9.18 Å². The second-order valence-electron chi connectivity index (χ2n) is 3.25. The van der Waals surface area contributed by atoms with Gasteiger partial charge in [0.05, 0.1) is 0 Å². The van der Waals surface area contributed by atoms with Gasteiger partial charge in [0, 0.05) is 11.6 Å². The van der Waals surface area contributed by atoms with Crippen LogP contribution in [-0.4, -0.2) is 11.9 Å². The Balaban J connectivity index is 2.05. The van der Waals surface area contributed by atoms with Crippen molar-refractivity contribution in [2.75, 3.05) is 0 Å². The van der Waals surface area contributed by atoms with Gasteiger partial charge in [-0.2, -0.15) is 0 Å². The van der Waals surface area contributed by atoms with Gasteiger partial charge >= 0.3 is 0 Å². The van der Waals surface area contributed by atoms with Crippen molar-refractivity contribution in [1.82, 2.24) is 5.32 Å². The minimum Gasteiger partial charge on any atom is -0.349 e. The largest absolute Gasteiger partial charge is 0.349 e. The van der Waals surface area contributed by atoms with E-state index in [2.05, 4.69) is 5.32 Å². The SMILES string of the molecule is O=C(NC1CC1)c1ccc(F)cc1. The summed E-state index contributed by atoms with van der Waals surface area (Å²) in [6.45, 7) is 0. The van der Waals surface area contributed by atoms with E-state index in [1.165, 1.54) is 24.3 Å². The molecule has 0 saturated heterocycles. The van der Waals surface area contributed by atoms with E-state index < -0.39 is 0 Å². The molecule has 0 aliphatic heterocycles. The minimum atomic E-state index is -0.317. The Morgan fingerprint density at radius 2 is 1.92 bits per heavy atom. The van der Waals surface area contributed by atoms with E-state index in [4.69, 9.17) is 0 Å². The summed E-state index contributed by atoms with van der Waals surface area (Å²) >= 11 is 0. The zero-order valence-electron chi connectivity index (χ0n) is 7.09. The lowest BCUT2D eigenvalue weighted by atomic mass is 10.2. The Labute approximate surface area is 75.8 Å². The molecule has 1 aliphatic rings. The van der Waals surface area contributed by atoms with E-state index >= 15 is 0 Å². The monoisotopic (exact) mass is 179 g/mol. The van der Waals surface area contributed by atoms with Crippen LogP contribution in [0.4, 0.5) is 4.39 Å². The second-order valence-corrected chi connectivity index (χ2v) is 3.25. The van der Waals surface area contributed by atoms with Crippen molar-refractivity contribution in [1.29, 1.82) is 0 Å². The van der Waals surface area contributed by atoms with Crippen LogP contribution in [-0.2, 0) is 0 Å². The minimum absolute atomic E-state index is 0.109. The van der Waals surface area contributed by atoms with Gasteiger partial charge in [0.25, 0.3) is 5.91 Å². The Bertz CT molecular complexity index is 316. The molecule has 13 heavy (non-hydrogen) atoms. The van der Waals surface area contributed by atoms with Crippen molar-refractivity contribution >= 4 is 5.91 Å². The predicted octanol–water partition coefficient (Wildman–Crippen LogP) is 1.72. The summed E-state index contributed by atoms with van der Waals surface area (Å²) in [6, 6.07) is 5.92. The number of carbonyl (C=O) groups is 1. The maximum absolute atomic E-state index is 12.5. The molecule has 0 bridgehead atoms. The molecule has 0 spiro atoms. The van der Waals surface area contributed by atoms with E-state index in [1.807, 2.05) is 0 Å².